The van der Waals surface area contributed by atoms with E-state index in [1.807, 2.05) is 11.4 Å². The molecule has 0 saturated carbocycles. The smallest absolute Gasteiger partial charge is 0.333 e. The summed E-state index contributed by atoms with van der Waals surface area (Å²) in [5.74, 6) is 0.174. The fourth-order valence-corrected chi connectivity index (χ4v) is 4.00. The molecule has 2 heterocycles. The van der Waals surface area contributed by atoms with Gasteiger partial charge in [-0.2, -0.15) is 0 Å². The number of carbonyl (C=O) groups is 2. The van der Waals surface area contributed by atoms with Gasteiger partial charge in [0, 0.05) is 17.0 Å². The average Bonchev–Trinajstić information content (AvgIpc) is 3.15. The first-order chi connectivity index (χ1) is 12.7. The number of thiophene rings is 1. The van der Waals surface area contributed by atoms with Crippen molar-refractivity contribution in [2.75, 3.05) is 20.3 Å². The van der Waals surface area contributed by atoms with E-state index in [0.29, 0.717) is 18.7 Å². The number of ether oxygens (including phenoxy) is 2. The molecule has 6 heteroatoms. The van der Waals surface area contributed by atoms with Crippen LogP contribution in [0.4, 0.5) is 0 Å². The third-order valence-electron chi connectivity index (χ3n) is 4.52. The maximum Gasteiger partial charge on any atom is 0.333 e. The largest absolute Gasteiger partial charge is 0.494 e. The van der Waals surface area contributed by atoms with Crippen LogP contribution >= 0.6 is 11.3 Å². The Labute approximate surface area is 157 Å². The Balaban J connectivity index is 1.79. The quantitative estimate of drug-likeness (QED) is 0.570. The highest BCUT2D eigenvalue weighted by molar-refractivity contribution is 7.10. The molecule has 1 atom stereocenters. The number of unbranched alkanes of at least 4 members (excludes halogenated alkanes) is 1. The zero-order valence-electron chi connectivity index (χ0n) is 15.1. The molecule has 1 aromatic carbocycles. The Kier molecular flexibility index (Phi) is 5.93. The van der Waals surface area contributed by atoms with Crippen molar-refractivity contribution in [2.45, 2.75) is 32.2 Å². The molecule has 0 aliphatic carbocycles. The molecule has 1 aliphatic rings. The van der Waals surface area contributed by atoms with E-state index >= 15 is 0 Å². The molecule has 1 aliphatic heterocycles. The van der Waals surface area contributed by atoms with E-state index in [9.17, 15) is 9.59 Å². The lowest BCUT2D eigenvalue weighted by molar-refractivity contribution is -0.146. The summed E-state index contributed by atoms with van der Waals surface area (Å²) in [5, 5.41) is 1.96. The molecule has 138 valence electrons. The number of carbonyl (C=O) groups excluding carboxylic acids is 2. The first-order valence-corrected chi connectivity index (χ1v) is 9.71. The Bertz CT molecular complexity index is 768. The molecule has 26 heavy (non-hydrogen) atoms. The van der Waals surface area contributed by atoms with Gasteiger partial charge < -0.3 is 14.4 Å². The molecular weight excluding hydrogens is 350 g/mol. The summed E-state index contributed by atoms with van der Waals surface area (Å²) in [6, 6.07) is 8.34. The number of rotatable bonds is 6. The third kappa shape index (κ3) is 3.75. The lowest BCUT2D eigenvalue weighted by atomic mass is 9.98. The predicted molar refractivity (Wildman–Crippen MR) is 101 cm³/mol. The Morgan fingerprint density at radius 1 is 1.23 bits per heavy atom. The van der Waals surface area contributed by atoms with E-state index in [1.54, 1.807) is 40.5 Å². The highest BCUT2D eigenvalue weighted by atomic mass is 32.1. The summed E-state index contributed by atoms with van der Waals surface area (Å²) in [6.45, 7) is 3.28. The lowest BCUT2D eigenvalue weighted by Crippen LogP contribution is -2.43. The number of hydrogen-bond acceptors (Lipinski definition) is 5. The normalized spacial score (nSPS) is 16.1. The van der Waals surface area contributed by atoms with E-state index in [-0.39, 0.29) is 5.91 Å². The van der Waals surface area contributed by atoms with Gasteiger partial charge >= 0.3 is 5.97 Å². The second kappa shape index (κ2) is 8.36. The molecule has 3 rings (SSSR count). The molecule has 5 nitrogen and oxygen atoms in total. The van der Waals surface area contributed by atoms with Crippen molar-refractivity contribution in [2.24, 2.45) is 0 Å². The second-order valence-electron chi connectivity index (χ2n) is 6.20. The molecule has 0 spiro atoms. The van der Waals surface area contributed by atoms with Crippen molar-refractivity contribution in [3.05, 3.63) is 51.7 Å². The van der Waals surface area contributed by atoms with Gasteiger partial charge in [0.25, 0.3) is 5.91 Å². The molecule has 0 radical (unpaired) electrons. The van der Waals surface area contributed by atoms with Crippen LogP contribution in [-0.4, -0.2) is 37.0 Å². The van der Waals surface area contributed by atoms with E-state index in [4.69, 9.17) is 9.47 Å². The summed E-state index contributed by atoms with van der Waals surface area (Å²) in [6.07, 6.45) is 2.83. The van der Waals surface area contributed by atoms with Crippen LogP contribution in [0.2, 0.25) is 0 Å². The van der Waals surface area contributed by atoms with Gasteiger partial charge in [0.1, 0.15) is 5.75 Å². The highest BCUT2D eigenvalue weighted by Crippen LogP contribution is 2.35. The summed E-state index contributed by atoms with van der Waals surface area (Å²) in [4.78, 5) is 28.1. The Morgan fingerprint density at radius 2 is 2.00 bits per heavy atom. The Morgan fingerprint density at radius 3 is 2.69 bits per heavy atom. The van der Waals surface area contributed by atoms with E-state index in [2.05, 4.69) is 6.92 Å². The standard InChI is InChI=1S/C20H23NO4S/c1-3-4-12-25-15-7-5-14(6-8-15)19(22)21-11-9-17-16(10-13-26-17)18(21)20(23)24-2/h5-8,10,13,18H,3-4,9,11-12H2,1-2H3. The number of fused-ring (bicyclic) bond motifs is 1. The van der Waals surface area contributed by atoms with Crippen molar-refractivity contribution < 1.29 is 19.1 Å². The number of hydrogen-bond donors (Lipinski definition) is 0. The van der Waals surface area contributed by atoms with Crippen LogP contribution in [0.1, 0.15) is 46.6 Å². The summed E-state index contributed by atoms with van der Waals surface area (Å²) in [7, 11) is 1.36. The van der Waals surface area contributed by atoms with E-state index < -0.39 is 12.0 Å². The minimum absolute atomic E-state index is 0.169. The average molecular weight is 373 g/mol. The molecule has 0 fully saturated rings. The monoisotopic (exact) mass is 373 g/mol. The van der Waals surface area contributed by atoms with E-state index in [1.165, 1.54) is 7.11 Å². The van der Waals surface area contributed by atoms with Gasteiger partial charge in [0.05, 0.1) is 13.7 Å². The second-order valence-corrected chi connectivity index (χ2v) is 7.20. The van der Waals surface area contributed by atoms with Gasteiger partial charge in [-0.05, 0) is 54.1 Å². The molecule has 0 bridgehead atoms. The van der Waals surface area contributed by atoms with Crippen LogP contribution in [0.25, 0.3) is 0 Å². The molecule has 0 N–H and O–H groups in total. The minimum atomic E-state index is -0.678. The number of benzene rings is 1. The van der Waals surface area contributed by atoms with Crippen LogP contribution in [0, 0.1) is 0 Å². The molecule has 0 saturated heterocycles. The Hall–Kier alpha value is -2.34. The summed E-state index contributed by atoms with van der Waals surface area (Å²) in [5.41, 5.74) is 1.42. The van der Waals surface area contributed by atoms with Crippen molar-refractivity contribution >= 4 is 23.2 Å². The maximum atomic E-state index is 13.0. The number of methoxy groups -OCH3 is 1. The summed E-state index contributed by atoms with van der Waals surface area (Å²) < 4.78 is 10.6. The van der Waals surface area contributed by atoms with Crippen LogP contribution in [0.5, 0.6) is 5.75 Å². The number of nitrogens with zero attached hydrogens (tertiary/aromatic N) is 1. The third-order valence-corrected chi connectivity index (χ3v) is 5.52. The van der Waals surface area contributed by atoms with Crippen LogP contribution in [-0.2, 0) is 16.0 Å². The van der Waals surface area contributed by atoms with Crippen LogP contribution < -0.4 is 4.74 Å². The topological polar surface area (TPSA) is 55.8 Å². The predicted octanol–water partition coefficient (Wildman–Crippen LogP) is 3.84. The number of amides is 1. The zero-order valence-corrected chi connectivity index (χ0v) is 15.9. The van der Waals surface area contributed by atoms with Crippen molar-refractivity contribution in [1.29, 1.82) is 0 Å². The first-order valence-electron chi connectivity index (χ1n) is 8.83. The van der Waals surface area contributed by atoms with Crippen LogP contribution in [0.15, 0.2) is 35.7 Å². The first kappa shape index (κ1) is 18.5. The van der Waals surface area contributed by atoms with Gasteiger partial charge in [0.2, 0.25) is 0 Å². The van der Waals surface area contributed by atoms with Gasteiger partial charge in [-0.15, -0.1) is 11.3 Å². The minimum Gasteiger partial charge on any atom is -0.494 e. The summed E-state index contributed by atoms with van der Waals surface area (Å²) >= 11 is 1.62. The molecule has 2 aromatic rings. The fraction of sp³-hybridized carbons (Fsp3) is 0.400. The van der Waals surface area contributed by atoms with Gasteiger partial charge in [-0.3, -0.25) is 4.79 Å². The van der Waals surface area contributed by atoms with Gasteiger partial charge in [-0.1, -0.05) is 13.3 Å². The molecule has 1 aromatic heterocycles. The lowest BCUT2D eigenvalue weighted by Gasteiger charge is -2.34. The van der Waals surface area contributed by atoms with Gasteiger partial charge in [-0.25, -0.2) is 4.79 Å². The number of esters is 1. The highest BCUT2D eigenvalue weighted by Gasteiger charge is 2.37. The van der Waals surface area contributed by atoms with Crippen LogP contribution in [0.3, 0.4) is 0 Å². The van der Waals surface area contributed by atoms with Crippen molar-refractivity contribution in [3.8, 4) is 5.75 Å². The molecular formula is C20H23NO4S. The molecule has 1 unspecified atom stereocenters. The zero-order chi connectivity index (χ0) is 18.5. The van der Waals surface area contributed by atoms with E-state index in [0.717, 1.165) is 35.5 Å². The van der Waals surface area contributed by atoms with Crippen molar-refractivity contribution in [3.63, 3.8) is 0 Å². The maximum absolute atomic E-state index is 13.0. The SMILES string of the molecule is CCCCOc1ccc(C(=O)N2CCc3sccc3C2C(=O)OC)cc1. The van der Waals surface area contributed by atoms with Crippen molar-refractivity contribution in [1.82, 2.24) is 4.90 Å². The van der Waals surface area contributed by atoms with Gasteiger partial charge in [0.15, 0.2) is 6.04 Å². The fourth-order valence-electron chi connectivity index (χ4n) is 3.09. The molecule has 1 amide bonds.